The van der Waals surface area contributed by atoms with E-state index in [1.54, 1.807) is 0 Å². The highest BCUT2D eigenvalue weighted by Gasteiger charge is 2.60. The minimum atomic E-state index is -0.838. The minimum Gasteiger partial charge on any atom is -0.481 e. The van der Waals surface area contributed by atoms with Crippen molar-refractivity contribution in [1.82, 2.24) is 4.90 Å². The predicted molar refractivity (Wildman–Crippen MR) is 60.1 cm³/mol. The van der Waals surface area contributed by atoms with Gasteiger partial charge in [-0.3, -0.25) is 9.69 Å². The third kappa shape index (κ3) is 1.64. The molecule has 0 bridgehead atoms. The molecular formula is C12H21NO3. The van der Waals surface area contributed by atoms with Crippen molar-refractivity contribution in [2.45, 2.75) is 45.3 Å². The van der Waals surface area contributed by atoms with E-state index in [0.29, 0.717) is 6.42 Å². The number of nitrogens with zero attached hydrogens (tertiary/aromatic N) is 1. The molecule has 2 fully saturated rings. The van der Waals surface area contributed by atoms with Crippen molar-refractivity contribution in [3.63, 3.8) is 0 Å². The molecule has 4 heteroatoms. The van der Waals surface area contributed by atoms with Crippen molar-refractivity contribution in [2.75, 3.05) is 13.1 Å². The van der Waals surface area contributed by atoms with Gasteiger partial charge < -0.3 is 10.2 Å². The van der Waals surface area contributed by atoms with E-state index in [-0.39, 0.29) is 11.0 Å². The van der Waals surface area contributed by atoms with Crippen molar-refractivity contribution in [3.8, 4) is 0 Å². The number of rotatable bonds is 1. The molecule has 1 aliphatic carbocycles. The molecule has 0 aromatic rings. The first kappa shape index (κ1) is 11.9. The lowest BCUT2D eigenvalue weighted by Gasteiger charge is -2.49. The smallest absolute Gasteiger partial charge is 0.309 e. The van der Waals surface area contributed by atoms with Crippen LogP contribution >= 0.6 is 0 Å². The molecule has 1 spiro atoms. The molecule has 1 saturated carbocycles. The Bertz CT molecular complexity index is 310. The van der Waals surface area contributed by atoms with E-state index in [1.807, 2.05) is 0 Å². The van der Waals surface area contributed by atoms with Gasteiger partial charge in [-0.2, -0.15) is 0 Å². The number of hydrogen-bond acceptors (Lipinski definition) is 3. The maximum atomic E-state index is 11.1. The second-order valence-corrected chi connectivity index (χ2v) is 6.29. The fraction of sp³-hybridized carbons (Fsp3) is 0.917. The molecule has 0 amide bonds. The van der Waals surface area contributed by atoms with Crippen LogP contribution in [0.3, 0.4) is 0 Å². The zero-order chi connectivity index (χ0) is 12.1. The molecule has 4 nitrogen and oxygen atoms in total. The van der Waals surface area contributed by atoms with Crippen molar-refractivity contribution in [1.29, 1.82) is 0 Å². The van der Waals surface area contributed by atoms with Crippen LogP contribution in [0.2, 0.25) is 0 Å². The lowest BCUT2D eigenvalue weighted by molar-refractivity contribution is -0.172. The number of carboxylic acid groups (broad SMARTS) is 1. The van der Waals surface area contributed by atoms with Crippen molar-refractivity contribution < 1.29 is 15.0 Å². The molecule has 3 atom stereocenters. The highest BCUT2D eigenvalue weighted by molar-refractivity contribution is 5.73. The van der Waals surface area contributed by atoms with Crippen molar-refractivity contribution in [2.24, 2.45) is 11.3 Å². The average molecular weight is 227 g/mol. The van der Waals surface area contributed by atoms with E-state index in [0.717, 1.165) is 19.5 Å². The monoisotopic (exact) mass is 227 g/mol. The molecule has 2 rings (SSSR count). The van der Waals surface area contributed by atoms with Gasteiger partial charge in [0, 0.05) is 17.5 Å². The lowest BCUT2D eigenvalue weighted by Crippen LogP contribution is -2.57. The zero-order valence-electron chi connectivity index (χ0n) is 10.2. The highest BCUT2D eigenvalue weighted by Crippen LogP contribution is 2.53. The van der Waals surface area contributed by atoms with Gasteiger partial charge >= 0.3 is 5.97 Å². The van der Waals surface area contributed by atoms with Gasteiger partial charge in [0.1, 0.15) is 0 Å². The van der Waals surface area contributed by atoms with E-state index in [1.165, 1.54) is 0 Å². The first-order valence-electron chi connectivity index (χ1n) is 5.92. The van der Waals surface area contributed by atoms with Gasteiger partial charge in [0.05, 0.1) is 12.0 Å². The van der Waals surface area contributed by atoms with Crippen LogP contribution in [0.4, 0.5) is 0 Å². The summed E-state index contributed by atoms with van der Waals surface area (Å²) in [4.78, 5) is 13.5. The molecule has 0 aromatic heterocycles. The second kappa shape index (κ2) is 3.44. The van der Waals surface area contributed by atoms with Crippen LogP contribution in [0.15, 0.2) is 0 Å². The molecule has 0 aromatic carbocycles. The van der Waals surface area contributed by atoms with Gasteiger partial charge in [0.15, 0.2) is 0 Å². The Balaban J connectivity index is 2.11. The number of carboxylic acids is 1. The fourth-order valence-electron chi connectivity index (χ4n) is 3.22. The summed E-state index contributed by atoms with van der Waals surface area (Å²) in [7, 11) is 0. The molecule has 3 unspecified atom stereocenters. The van der Waals surface area contributed by atoms with Gasteiger partial charge in [-0.15, -0.1) is 0 Å². The third-order valence-corrected chi connectivity index (χ3v) is 4.26. The molecule has 2 aliphatic rings. The molecule has 1 heterocycles. The maximum absolute atomic E-state index is 11.1. The Hall–Kier alpha value is -0.610. The van der Waals surface area contributed by atoms with Crippen LogP contribution < -0.4 is 0 Å². The van der Waals surface area contributed by atoms with Crippen molar-refractivity contribution >= 4 is 5.97 Å². The first-order chi connectivity index (χ1) is 7.26. The number of hydrogen-bond donors (Lipinski definition) is 2. The second-order valence-electron chi connectivity index (χ2n) is 6.29. The van der Waals surface area contributed by atoms with E-state index < -0.39 is 18.0 Å². The van der Waals surface area contributed by atoms with Gasteiger partial charge in [0.25, 0.3) is 0 Å². The quantitative estimate of drug-likeness (QED) is 0.700. The van der Waals surface area contributed by atoms with Crippen LogP contribution in [0.5, 0.6) is 0 Å². The topological polar surface area (TPSA) is 60.8 Å². The summed E-state index contributed by atoms with van der Waals surface area (Å²) < 4.78 is 0. The van der Waals surface area contributed by atoms with Gasteiger partial charge in [-0.1, -0.05) is 0 Å². The zero-order valence-corrected chi connectivity index (χ0v) is 10.2. The summed E-state index contributed by atoms with van der Waals surface area (Å²) in [6, 6.07) is 0. The standard InChI is InChI=1S/C12H21NO3/c1-11(2,3)13-5-4-12(7-13)6-8(14)9(12)10(15)16/h8-9,14H,4-7H2,1-3H3,(H,15,16). The highest BCUT2D eigenvalue weighted by atomic mass is 16.4. The molecule has 1 aliphatic heterocycles. The first-order valence-corrected chi connectivity index (χ1v) is 5.92. The summed E-state index contributed by atoms with van der Waals surface area (Å²) in [6.45, 7) is 8.20. The number of aliphatic carboxylic acids is 1. The molecule has 16 heavy (non-hydrogen) atoms. The number of aliphatic hydroxyl groups excluding tert-OH is 1. The number of likely N-dealkylation sites (tertiary alicyclic amines) is 1. The predicted octanol–water partition coefficient (Wildman–Crippen LogP) is 0.942. The van der Waals surface area contributed by atoms with Crippen molar-refractivity contribution in [3.05, 3.63) is 0 Å². The minimum absolute atomic E-state index is 0.0904. The maximum Gasteiger partial charge on any atom is 0.309 e. The lowest BCUT2D eigenvalue weighted by atomic mass is 9.57. The fourth-order valence-corrected chi connectivity index (χ4v) is 3.22. The summed E-state index contributed by atoms with van der Waals surface area (Å²) >= 11 is 0. The molecule has 0 radical (unpaired) electrons. The van der Waals surface area contributed by atoms with Crippen LogP contribution in [0.25, 0.3) is 0 Å². The third-order valence-electron chi connectivity index (χ3n) is 4.26. The van der Waals surface area contributed by atoms with Gasteiger partial charge in [-0.25, -0.2) is 0 Å². The van der Waals surface area contributed by atoms with Crippen LogP contribution in [-0.2, 0) is 4.79 Å². The van der Waals surface area contributed by atoms with E-state index in [2.05, 4.69) is 25.7 Å². The van der Waals surface area contributed by atoms with E-state index in [9.17, 15) is 9.90 Å². The Kier molecular flexibility index (Phi) is 2.55. The van der Waals surface area contributed by atoms with Crippen LogP contribution in [0, 0.1) is 11.3 Å². The summed E-state index contributed by atoms with van der Waals surface area (Å²) in [5, 5.41) is 18.7. The van der Waals surface area contributed by atoms with E-state index >= 15 is 0 Å². The van der Waals surface area contributed by atoms with Gasteiger partial charge in [-0.05, 0) is 40.2 Å². The Morgan fingerprint density at radius 2 is 2.06 bits per heavy atom. The number of carbonyl (C=O) groups is 1. The molecule has 92 valence electrons. The average Bonchev–Trinajstić information content (AvgIpc) is 2.47. The van der Waals surface area contributed by atoms with Crippen LogP contribution in [-0.4, -0.2) is 45.8 Å². The summed E-state index contributed by atoms with van der Waals surface area (Å²) in [5.74, 6) is -1.39. The van der Waals surface area contributed by atoms with Gasteiger partial charge in [0.2, 0.25) is 0 Å². The van der Waals surface area contributed by atoms with Crippen LogP contribution in [0.1, 0.15) is 33.6 Å². The van der Waals surface area contributed by atoms with E-state index in [4.69, 9.17) is 5.11 Å². The largest absolute Gasteiger partial charge is 0.481 e. The normalized spacial score (nSPS) is 40.0. The summed E-state index contributed by atoms with van der Waals surface area (Å²) in [5.41, 5.74) is -0.0778. The molecular weight excluding hydrogens is 206 g/mol. The molecule has 1 saturated heterocycles. The SMILES string of the molecule is CC(C)(C)N1CCC2(CC(O)C2C(=O)O)C1. The Morgan fingerprint density at radius 1 is 1.44 bits per heavy atom. The Labute approximate surface area is 96.3 Å². The Morgan fingerprint density at radius 3 is 2.44 bits per heavy atom. The number of aliphatic hydroxyl groups is 1. The summed E-state index contributed by atoms with van der Waals surface area (Å²) in [6.07, 6.45) is 0.909. The molecule has 2 N–H and O–H groups in total.